The Morgan fingerprint density at radius 1 is 0.861 bits per heavy atom. The zero-order valence-electron chi connectivity index (χ0n) is 19.7. The predicted molar refractivity (Wildman–Crippen MR) is 136 cm³/mol. The maximum absolute atomic E-state index is 13.1. The Balaban J connectivity index is 1.26. The van der Waals surface area contributed by atoms with Crippen LogP contribution in [0.15, 0.2) is 90.1 Å². The summed E-state index contributed by atoms with van der Waals surface area (Å²) >= 11 is 0. The molecule has 1 aliphatic rings. The molecule has 5 rings (SSSR count). The molecule has 0 spiro atoms. The molecular weight excluding hydrogens is 478 g/mol. The van der Waals surface area contributed by atoms with E-state index in [-0.39, 0.29) is 10.8 Å². The number of benzene rings is 3. The van der Waals surface area contributed by atoms with E-state index in [0.29, 0.717) is 37.6 Å². The van der Waals surface area contributed by atoms with Crippen molar-refractivity contribution in [3.05, 3.63) is 90.8 Å². The second-order valence-electron chi connectivity index (χ2n) is 8.29. The van der Waals surface area contributed by atoms with Crippen LogP contribution in [0.25, 0.3) is 11.4 Å². The van der Waals surface area contributed by atoms with Crippen molar-refractivity contribution in [2.75, 3.05) is 38.2 Å². The molecule has 36 heavy (non-hydrogen) atoms. The molecule has 1 fully saturated rings. The van der Waals surface area contributed by atoms with Gasteiger partial charge in [0.1, 0.15) is 12.1 Å². The summed E-state index contributed by atoms with van der Waals surface area (Å²) in [6.07, 6.45) is 1.18. The van der Waals surface area contributed by atoms with E-state index in [1.54, 1.807) is 12.0 Å². The molecule has 1 aromatic heterocycles. The molecule has 0 aliphatic carbocycles. The maximum Gasteiger partial charge on any atom is 0.284 e. The lowest BCUT2D eigenvalue weighted by Crippen LogP contribution is -2.48. The maximum atomic E-state index is 13.1. The van der Waals surface area contributed by atoms with E-state index < -0.39 is 10.0 Å². The molecular formula is C26H25N5O4S. The fourth-order valence-electron chi connectivity index (χ4n) is 4.19. The molecule has 0 bridgehead atoms. The molecule has 1 saturated heterocycles. The Labute approximate surface area is 209 Å². The molecule has 0 atom stereocenters. The molecule has 0 saturated carbocycles. The number of amides is 1. The highest BCUT2D eigenvalue weighted by Crippen LogP contribution is 2.28. The first-order valence-corrected chi connectivity index (χ1v) is 12.9. The van der Waals surface area contributed by atoms with E-state index in [1.165, 1.54) is 30.6 Å². The average molecular weight is 504 g/mol. The average Bonchev–Trinajstić information content (AvgIpc) is 3.45. The third kappa shape index (κ3) is 4.55. The van der Waals surface area contributed by atoms with Crippen molar-refractivity contribution in [3.63, 3.8) is 0 Å². The molecule has 9 nitrogen and oxygen atoms in total. The summed E-state index contributed by atoms with van der Waals surface area (Å²) < 4.78 is 32.4. The van der Waals surface area contributed by atoms with Gasteiger partial charge in [0.2, 0.25) is 0 Å². The molecule has 184 valence electrons. The van der Waals surface area contributed by atoms with Gasteiger partial charge in [-0.15, -0.1) is 9.19 Å². The Bertz CT molecular complexity index is 1460. The van der Waals surface area contributed by atoms with Crippen LogP contribution in [0.1, 0.15) is 10.4 Å². The minimum atomic E-state index is -3.94. The SMILES string of the molecule is COc1ccccc1N1CCN(C(=O)c2ccc(S(=O)(=O)n3cnc(-c4ccccc4)n3)cc2)CC1. The summed E-state index contributed by atoms with van der Waals surface area (Å²) in [4.78, 5) is 21.2. The molecule has 1 aliphatic heterocycles. The normalized spacial score (nSPS) is 14.0. The second-order valence-corrected chi connectivity index (χ2v) is 10.1. The largest absolute Gasteiger partial charge is 0.495 e. The van der Waals surface area contributed by atoms with E-state index in [1.807, 2.05) is 54.6 Å². The Kier molecular flexibility index (Phi) is 6.43. The van der Waals surface area contributed by atoms with E-state index in [0.717, 1.165) is 21.1 Å². The first-order valence-electron chi connectivity index (χ1n) is 11.5. The standard InChI is InChI=1S/C26H25N5O4S/c1-35-24-10-6-5-9-23(24)29-15-17-30(18-16-29)26(32)21-11-13-22(14-12-21)36(33,34)31-19-27-25(28-31)20-7-3-2-4-8-20/h2-14,19H,15-18H2,1H3. The van der Waals surface area contributed by atoms with Gasteiger partial charge in [0.05, 0.1) is 17.7 Å². The number of rotatable bonds is 6. The summed E-state index contributed by atoms with van der Waals surface area (Å²) in [6.45, 7) is 2.46. The van der Waals surface area contributed by atoms with E-state index in [4.69, 9.17) is 4.74 Å². The van der Waals surface area contributed by atoms with Gasteiger partial charge in [-0.3, -0.25) is 4.79 Å². The highest BCUT2D eigenvalue weighted by molar-refractivity contribution is 7.89. The Morgan fingerprint density at radius 3 is 2.22 bits per heavy atom. The van der Waals surface area contributed by atoms with Crippen molar-refractivity contribution in [1.29, 1.82) is 0 Å². The molecule has 1 amide bonds. The number of para-hydroxylation sites is 2. The number of methoxy groups -OCH3 is 1. The number of anilines is 1. The van der Waals surface area contributed by atoms with Gasteiger partial charge in [0.25, 0.3) is 15.9 Å². The summed E-state index contributed by atoms with van der Waals surface area (Å²) in [5.41, 5.74) is 2.16. The zero-order chi connectivity index (χ0) is 25.1. The first kappa shape index (κ1) is 23.6. The van der Waals surface area contributed by atoms with E-state index in [2.05, 4.69) is 15.0 Å². The van der Waals surface area contributed by atoms with Crippen molar-refractivity contribution < 1.29 is 17.9 Å². The van der Waals surface area contributed by atoms with Crippen LogP contribution in [-0.4, -0.2) is 66.7 Å². The van der Waals surface area contributed by atoms with Gasteiger partial charge in [0.15, 0.2) is 5.82 Å². The van der Waals surface area contributed by atoms with Crippen molar-refractivity contribution in [1.82, 2.24) is 19.1 Å². The van der Waals surface area contributed by atoms with Crippen LogP contribution >= 0.6 is 0 Å². The van der Waals surface area contributed by atoms with Crippen LogP contribution in [0.2, 0.25) is 0 Å². The number of hydrogen-bond donors (Lipinski definition) is 0. The van der Waals surface area contributed by atoms with Crippen molar-refractivity contribution >= 4 is 21.6 Å². The number of aromatic nitrogens is 3. The topological polar surface area (TPSA) is 97.6 Å². The van der Waals surface area contributed by atoms with Gasteiger partial charge in [-0.2, -0.15) is 8.42 Å². The molecule has 10 heteroatoms. The predicted octanol–water partition coefficient (Wildman–Crippen LogP) is 3.15. The van der Waals surface area contributed by atoms with Gasteiger partial charge < -0.3 is 14.5 Å². The molecule has 3 aromatic carbocycles. The van der Waals surface area contributed by atoms with Crippen molar-refractivity contribution in [3.8, 4) is 17.1 Å². The van der Waals surface area contributed by atoms with Gasteiger partial charge in [-0.25, -0.2) is 4.98 Å². The van der Waals surface area contributed by atoms with Crippen LogP contribution in [0.3, 0.4) is 0 Å². The highest BCUT2D eigenvalue weighted by atomic mass is 32.2. The minimum Gasteiger partial charge on any atom is -0.495 e. The quantitative estimate of drug-likeness (QED) is 0.399. The lowest BCUT2D eigenvalue weighted by molar-refractivity contribution is 0.0746. The van der Waals surface area contributed by atoms with Gasteiger partial charge in [-0.05, 0) is 36.4 Å². The highest BCUT2D eigenvalue weighted by Gasteiger charge is 2.25. The molecule has 0 radical (unpaired) electrons. The summed E-state index contributed by atoms with van der Waals surface area (Å²) in [5.74, 6) is 0.987. The number of hydrogen-bond acceptors (Lipinski definition) is 7. The zero-order valence-corrected chi connectivity index (χ0v) is 20.5. The number of carbonyl (C=O) groups excluding carboxylic acids is 1. The number of carbonyl (C=O) groups is 1. The first-order chi connectivity index (χ1) is 17.5. The van der Waals surface area contributed by atoms with Gasteiger partial charge >= 0.3 is 0 Å². The fourth-order valence-corrected chi connectivity index (χ4v) is 5.24. The van der Waals surface area contributed by atoms with Crippen LogP contribution in [-0.2, 0) is 10.0 Å². The third-order valence-corrected chi connectivity index (χ3v) is 7.68. The van der Waals surface area contributed by atoms with Crippen molar-refractivity contribution in [2.45, 2.75) is 4.90 Å². The lowest BCUT2D eigenvalue weighted by Gasteiger charge is -2.36. The number of nitrogens with zero attached hydrogens (tertiary/aromatic N) is 5. The monoisotopic (exact) mass is 503 g/mol. The molecule has 4 aromatic rings. The minimum absolute atomic E-state index is 0.0320. The van der Waals surface area contributed by atoms with Gasteiger partial charge in [-0.1, -0.05) is 42.5 Å². The number of ether oxygens (including phenoxy) is 1. The lowest BCUT2D eigenvalue weighted by atomic mass is 10.1. The molecule has 0 N–H and O–H groups in total. The number of piperazine rings is 1. The summed E-state index contributed by atoms with van der Waals surface area (Å²) in [6, 6.07) is 22.9. The summed E-state index contributed by atoms with van der Waals surface area (Å²) in [5, 5.41) is 4.13. The Morgan fingerprint density at radius 2 is 1.53 bits per heavy atom. The molecule has 2 heterocycles. The van der Waals surface area contributed by atoms with Crippen molar-refractivity contribution in [2.24, 2.45) is 0 Å². The van der Waals surface area contributed by atoms with Gasteiger partial charge in [0, 0.05) is 37.3 Å². The summed E-state index contributed by atoms with van der Waals surface area (Å²) in [7, 11) is -2.29. The van der Waals surface area contributed by atoms with Crippen LogP contribution < -0.4 is 9.64 Å². The van der Waals surface area contributed by atoms with E-state index >= 15 is 0 Å². The van der Waals surface area contributed by atoms with Crippen LogP contribution in [0.4, 0.5) is 5.69 Å². The molecule has 0 unspecified atom stereocenters. The third-order valence-electron chi connectivity index (χ3n) is 6.14. The smallest absolute Gasteiger partial charge is 0.284 e. The van der Waals surface area contributed by atoms with Crippen LogP contribution in [0, 0.1) is 0 Å². The second kappa shape index (κ2) is 9.82. The fraction of sp³-hybridized carbons (Fsp3) is 0.192. The Hall–Kier alpha value is -4.18. The van der Waals surface area contributed by atoms with E-state index in [9.17, 15) is 13.2 Å². The van der Waals surface area contributed by atoms with Crippen LogP contribution in [0.5, 0.6) is 5.75 Å².